The van der Waals surface area contributed by atoms with Gasteiger partial charge in [-0.1, -0.05) is 63.9 Å². The number of rotatable bonds is 4. The highest BCUT2D eigenvalue weighted by Gasteiger charge is 2.46. The number of hydrogen-bond acceptors (Lipinski definition) is 5. The van der Waals surface area contributed by atoms with Crippen molar-refractivity contribution >= 4 is 11.5 Å². The lowest BCUT2D eigenvalue weighted by atomic mass is 9.76. The van der Waals surface area contributed by atoms with Crippen LogP contribution in [0.1, 0.15) is 52.9 Å². The average molecular weight is 407 g/mol. The Morgan fingerprint density at radius 2 is 1.80 bits per heavy atom. The van der Waals surface area contributed by atoms with Gasteiger partial charge < -0.3 is 14.5 Å². The summed E-state index contributed by atoms with van der Waals surface area (Å²) in [6.45, 7) is 9.89. The minimum Gasteiger partial charge on any atom is -0.505 e. The van der Waals surface area contributed by atoms with Gasteiger partial charge >= 0.3 is 0 Å². The average Bonchev–Trinajstić information content (AvgIpc) is 3.35. The van der Waals surface area contributed by atoms with E-state index in [9.17, 15) is 9.90 Å². The van der Waals surface area contributed by atoms with Crippen LogP contribution in [0.15, 0.2) is 64.7 Å². The number of carbonyl (C=O) groups excluding carboxylic acids is 1. The number of ketones is 1. The van der Waals surface area contributed by atoms with Gasteiger partial charge in [-0.05, 0) is 30.9 Å². The Balaban J connectivity index is 1.74. The van der Waals surface area contributed by atoms with E-state index >= 15 is 0 Å². The van der Waals surface area contributed by atoms with Gasteiger partial charge in [0.25, 0.3) is 0 Å². The molecule has 1 aliphatic heterocycles. The van der Waals surface area contributed by atoms with E-state index < -0.39 is 5.41 Å². The summed E-state index contributed by atoms with van der Waals surface area (Å²) in [6, 6.07) is 9.62. The van der Waals surface area contributed by atoms with E-state index in [1.807, 2.05) is 51.1 Å². The Bertz CT molecular complexity index is 959. The number of benzene rings is 1. The van der Waals surface area contributed by atoms with Crippen LogP contribution >= 0.6 is 0 Å². The number of Topliss-reactive ketones (excluding diaryl/α,β-unsaturated/α-hetero) is 1. The summed E-state index contributed by atoms with van der Waals surface area (Å²) in [5.41, 5.74) is 3.12. The lowest BCUT2D eigenvalue weighted by molar-refractivity contribution is -0.123. The number of anilines is 1. The molecule has 0 bridgehead atoms. The monoisotopic (exact) mass is 406 g/mol. The Kier molecular flexibility index (Phi) is 5.31. The molecule has 5 nitrogen and oxygen atoms in total. The van der Waals surface area contributed by atoms with Crippen molar-refractivity contribution in [3.8, 4) is 11.3 Å². The fourth-order valence-corrected chi connectivity index (χ4v) is 4.72. The van der Waals surface area contributed by atoms with Crippen molar-refractivity contribution < 1.29 is 14.4 Å². The summed E-state index contributed by atoms with van der Waals surface area (Å²) >= 11 is 0. The van der Waals surface area contributed by atoms with Crippen molar-refractivity contribution in [1.29, 1.82) is 0 Å². The molecule has 1 aromatic carbocycles. The van der Waals surface area contributed by atoms with Crippen LogP contribution in [0.2, 0.25) is 0 Å². The zero-order valence-corrected chi connectivity index (χ0v) is 18.0. The molecule has 1 aliphatic carbocycles. The first-order valence-electron chi connectivity index (χ1n) is 10.8. The first-order valence-corrected chi connectivity index (χ1v) is 10.8. The highest BCUT2D eigenvalue weighted by Crippen LogP contribution is 2.45. The van der Waals surface area contributed by atoms with Gasteiger partial charge in [0.15, 0.2) is 5.78 Å². The molecule has 0 radical (unpaired) electrons. The second-order valence-electron chi connectivity index (χ2n) is 9.43. The minimum atomic E-state index is -0.566. The molecule has 30 heavy (non-hydrogen) atoms. The summed E-state index contributed by atoms with van der Waals surface area (Å²) in [5, 5.41) is 15.0. The normalized spacial score (nSPS) is 20.8. The molecule has 2 aliphatic rings. The second-order valence-corrected chi connectivity index (χ2v) is 9.43. The third-order valence-electron chi connectivity index (χ3n) is 6.29. The number of carbonyl (C=O) groups is 1. The van der Waals surface area contributed by atoms with Crippen LogP contribution in [0.25, 0.3) is 11.3 Å². The van der Waals surface area contributed by atoms with E-state index in [2.05, 4.69) is 16.6 Å². The largest absolute Gasteiger partial charge is 0.505 e. The van der Waals surface area contributed by atoms with E-state index in [0.29, 0.717) is 17.2 Å². The van der Waals surface area contributed by atoms with Gasteiger partial charge in [0.1, 0.15) is 17.7 Å². The standard InChI is InChI=1S/C25H30N2O3/c1-16-23(28)21(24(29)25(2,3)4)22(18-8-6-5-7-9-18)27(16)19-12-10-17(11-13-19)20-14-15-30-26-20/h10-15,18,22,28H,1,5-9H2,2-4H3. The smallest absolute Gasteiger partial charge is 0.170 e. The van der Waals surface area contributed by atoms with Crippen LogP contribution in [-0.2, 0) is 4.79 Å². The number of aliphatic hydroxyl groups excluding tert-OH is 1. The molecular formula is C25H30N2O3. The van der Waals surface area contributed by atoms with Crippen molar-refractivity contribution in [2.45, 2.75) is 58.9 Å². The Morgan fingerprint density at radius 3 is 2.37 bits per heavy atom. The number of nitrogens with zero attached hydrogens (tertiary/aromatic N) is 2. The van der Waals surface area contributed by atoms with Crippen molar-refractivity contribution in [3.05, 3.63) is 60.2 Å². The van der Waals surface area contributed by atoms with Crippen LogP contribution in [0.5, 0.6) is 0 Å². The summed E-state index contributed by atoms with van der Waals surface area (Å²) in [6.07, 6.45) is 7.21. The first-order chi connectivity index (χ1) is 14.3. The molecule has 1 unspecified atom stereocenters. The zero-order valence-electron chi connectivity index (χ0n) is 18.0. The van der Waals surface area contributed by atoms with E-state index in [-0.39, 0.29) is 17.6 Å². The predicted molar refractivity (Wildman–Crippen MR) is 118 cm³/mol. The maximum absolute atomic E-state index is 13.4. The summed E-state index contributed by atoms with van der Waals surface area (Å²) in [5.74, 6) is 0.362. The summed E-state index contributed by atoms with van der Waals surface area (Å²) in [4.78, 5) is 15.4. The van der Waals surface area contributed by atoms with Gasteiger partial charge in [-0.2, -0.15) is 0 Å². The molecule has 2 aromatic rings. The number of aromatic nitrogens is 1. The minimum absolute atomic E-state index is 0.00144. The molecule has 4 rings (SSSR count). The molecule has 0 amide bonds. The molecular weight excluding hydrogens is 376 g/mol. The lowest BCUT2D eigenvalue weighted by Crippen LogP contribution is -2.41. The summed E-state index contributed by atoms with van der Waals surface area (Å²) in [7, 11) is 0. The third-order valence-corrected chi connectivity index (χ3v) is 6.29. The fraction of sp³-hybridized carbons (Fsp3) is 0.440. The molecule has 0 saturated heterocycles. The molecule has 0 spiro atoms. The molecule has 1 atom stereocenters. The molecule has 158 valence electrons. The van der Waals surface area contributed by atoms with Crippen LogP contribution in [-0.4, -0.2) is 22.1 Å². The van der Waals surface area contributed by atoms with Crippen molar-refractivity contribution in [2.24, 2.45) is 11.3 Å². The third kappa shape index (κ3) is 3.57. The Morgan fingerprint density at radius 1 is 1.13 bits per heavy atom. The quantitative estimate of drug-likeness (QED) is 0.669. The van der Waals surface area contributed by atoms with Crippen LogP contribution in [0.4, 0.5) is 5.69 Å². The molecule has 5 heteroatoms. The van der Waals surface area contributed by atoms with E-state index in [1.165, 1.54) is 6.42 Å². The van der Waals surface area contributed by atoms with E-state index in [4.69, 9.17) is 4.52 Å². The van der Waals surface area contributed by atoms with Gasteiger partial charge in [0.2, 0.25) is 0 Å². The van der Waals surface area contributed by atoms with Gasteiger partial charge in [0, 0.05) is 22.7 Å². The number of aliphatic hydroxyl groups is 1. The van der Waals surface area contributed by atoms with E-state index in [1.54, 1.807) is 6.26 Å². The van der Waals surface area contributed by atoms with Crippen molar-refractivity contribution in [3.63, 3.8) is 0 Å². The van der Waals surface area contributed by atoms with Gasteiger partial charge in [-0.25, -0.2) is 0 Å². The maximum Gasteiger partial charge on any atom is 0.170 e. The molecule has 1 aromatic heterocycles. The molecule has 2 heterocycles. The number of hydrogen-bond donors (Lipinski definition) is 1. The second kappa shape index (κ2) is 7.78. The molecule has 1 saturated carbocycles. The Labute approximate surface area is 178 Å². The van der Waals surface area contributed by atoms with Gasteiger partial charge in [0.05, 0.1) is 17.3 Å². The Hall–Kier alpha value is -2.82. The predicted octanol–water partition coefficient (Wildman–Crippen LogP) is 6.05. The zero-order chi connectivity index (χ0) is 21.5. The SMILES string of the molecule is C=C1C(O)=C(C(=O)C(C)(C)C)C(C2CCCCC2)N1c1ccc(-c2ccon2)cc1. The molecule has 1 N–H and O–H groups in total. The van der Waals surface area contributed by atoms with Crippen LogP contribution in [0.3, 0.4) is 0 Å². The summed E-state index contributed by atoms with van der Waals surface area (Å²) < 4.78 is 4.95. The first kappa shape index (κ1) is 20.5. The fourth-order valence-electron chi connectivity index (χ4n) is 4.72. The van der Waals surface area contributed by atoms with Crippen molar-refractivity contribution in [2.75, 3.05) is 4.90 Å². The van der Waals surface area contributed by atoms with E-state index in [0.717, 1.165) is 42.6 Å². The van der Waals surface area contributed by atoms with Crippen LogP contribution < -0.4 is 4.90 Å². The maximum atomic E-state index is 13.4. The highest BCUT2D eigenvalue weighted by molar-refractivity contribution is 6.03. The highest BCUT2D eigenvalue weighted by atomic mass is 16.5. The lowest BCUT2D eigenvalue weighted by Gasteiger charge is -2.37. The van der Waals surface area contributed by atoms with Crippen LogP contribution in [0, 0.1) is 11.3 Å². The van der Waals surface area contributed by atoms with Gasteiger partial charge in [-0.3, -0.25) is 4.79 Å². The topological polar surface area (TPSA) is 66.6 Å². The van der Waals surface area contributed by atoms with Gasteiger partial charge in [-0.15, -0.1) is 0 Å². The van der Waals surface area contributed by atoms with Crippen molar-refractivity contribution in [1.82, 2.24) is 5.16 Å². The molecule has 1 fully saturated rings.